The molecule has 0 aromatic heterocycles. The van der Waals surface area contributed by atoms with Gasteiger partial charge in [0.15, 0.2) is 0 Å². The van der Waals surface area contributed by atoms with Crippen molar-refractivity contribution in [1.82, 2.24) is 10.6 Å². The summed E-state index contributed by atoms with van der Waals surface area (Å²) in [7, 11) is 0. The third-order valence-corrected chi connectivity index (χ3v) is 4.79. The first-order valence-corrected chi connectivity index (χ1v) is 9.15. The van der Waals surface area contributed by atoms with Crippen molar-refractivity contribution >= 4 is 17.7 Å². The Kier molecular flexibility index (Phi) is 5.62. The monoisotopic (exact) mass is 379 g/mol. The van der Waals surface area contributed by atoms with Gasteiger partial charge in [0.25, 0.3) is 0 Å². The molecule has 8 heteroatoms. The molecular weight excluding hydrogens is 356 g/mol. The second-order valence-corrected chi connectivity index (χ2v) is 6.59. The van der Waals surface area contributed by atoms with Gasteiger partial charge in [0, 0.05) is 12.6 Å². The Bertz CT molecular complexity index is 795. The molecule has 0 fully saturated rings. The molecule has 3 rings (SSSR count). The highest BCUT2D eigenvalue weighted by Crippen LogP contribution is 2.32. The van der Waals surface area contributed by atoms with Crippen molar-refractivity contribution in [2.75, 3.05) is 24.6 Å². The molecule has 0 bridgehead atoms. The van der Waals surface area contributed by atoms with Gasteiger partial charge in [0.05, 0.1) is 36.2 Å². The zero-order valence-electron chi connectivity index (χ0n) is 15.4. The highest BCUT2D eigenvalue weighted by Gasteiger charge is 2.33. The van der Waals surface area contributed by atoms with Crippen molar-refractivity contribution in [1.29, 1.82) is 0 Å². The fourth-order valence-electron chi connectivity index (χ4n) is 3.67. The van der Waals surface area contributed by atoms with Gasteiger partial charge in [-0.05, 0) is 37.8 Å². The van der Waals surface area contributed by atoms with Gasteiger partial charge in [-0.25, -0.2) is 18.4 Å². The number of carbonyl (C=O) groups excluding carboxylic acids is 2. The molecule has 0 radical (unpaired) electrons. The van der Waals surface area contributed by atoms with Gasteiger partial charge in [-0.15, -0.1) is 0 Å². The van der Waals surface area contributed by atoms with Crippen LogP contribution in [0, 0.1) is 11.6 Å². The largest absolute Gasteiger partial charge is 0.463 e. The highest BCUT2D eigenvalue weighted by atomic mass is 19.1. The van der Waals surface area contributed by atoms with E-state index < -0.39 is 29.7 Å². The van der Waals surface area contributed by atoms with Crippen LogP contribution in [-0.4, -0.2) is 37.7 Å². The summed E-state index contributed by atoms with van der Waals surface area (Å²) in [4.78, 5) is 26.2. The first-order valence-electron chi connectivity index (χ1n) is 9.15. The Labute approximate surface area is 156 Å². The lowest BCUT2D eigenvalue weighted by Crippen LogP contribution is -2.52. The molecule has 27 heavy (non-hydrogen) atoms. The molecule has 146 valence electrons. The number of benzene rings is 1. The fraction of sp³-hybridized carbons (Fsp3) is 0.474. The SMILES string of the molecule is CCOC(=O)C1=C(CN2CCCc3cc(F)cc(F)c32)NC(=O)NC1CC. The number of nitrogens with one attached hydrogen (secondary N) is 2. The number of carbonyl (C=O) groups is 2. The Balaban J connectivity index is 1.99. The van der Waals surface area contributed by atoms with E-state index in [1.54, 1.807) is 11.8 Å². The molecule has 2 aliphatic rings. The van der Waals surface area contributed by atoms with Gasteiger partial charge >= 0.3 is 12.0 Å². The van der Waals surface area contributed by atoms with Crippen LogP contribution < -0.4 is 15.5 Å². The number of urea groups is 1. The Hall–Kier alpha value is -2.64. The first kappa shape index (κ1) is 19.1. The van der Waals surface area contributed by atoms with Crippen molar-refractivity contribution in [2.45, 2.75) is 39.2 Å². The van der Waals surface area contributed by atoms with Crippen molar-refractivity contribution < 1.29 is 23.1 Å². The average molecular weight is 379 g/mol. The number of aryl methyl sites for hydroxylation is 1. The minimum Gasteiger partial charge on any atom is -0.463 e. The third kappa shape index (κ3) is 3.89. The van der Waals surface area contributed by atoms with Gasteiger partial charge in [0.2, 0.25) is 0 Å². The number of anilines is 1. The smallest absolute Gasteiger partial charge is 0.337 e. The predicted molar refractivity (Wildman–Crippen MR) is 96.3 cm³/mol. The highest BCUT2D eigenvalue weighted by molar-refractivity contribution is 5.95. The molecule has 0 saturated heterocycles. The van der Waals surface area contributed by atoms with Crippen LogP contribution in [0.15, 0.2) is 23.4 Å². The number of hydrogen-bond donors (Lipinski definition) is 2. The maximum atomic E-state index is 14.4. The lowest BCUT2D eigenvalue weighted by Gasteiger charge is -2.35. The zero-order valence-corrected chi connectivity index (χ0v) is 15.4. The normalized spacial score (nSPS) is 19.3. The van der Waals surface area contributed by atoms with Crippen molar-refractivity contribution in [3.63, 3.8) is 0 Å². The van der Waals surface area contributed by atoms with Crippen LogP contribution in [0.2, 0.25) is 0 Å². The first-order chi connectivity index (χ1) is 12.9. The number of rotatable bonds is 5. The van der Waals surface area contributed by atoms with E-state index in [0.29, 0.717) is 41.9 Å². The average Bonchev–Trinajstić information content (AvgIpc) is 2.60. The summed E-state index contributed by atoms with van der Waals surface area (Å²) in [5.74, 6) is -1.76. The number of halogens is 2. The van der Waals surface area contributed by atoms with Crippen molar-refractivity contribution in [2.24, 2.45) is 0 Å². The number of hydrogen-bond acceptors (Lipinski definition) is 4. The maximum absolute atomic E-state index is 14.4. The number of fused-ring (bicyclic) bond motifs is 1. The van der Waals surface area contributed by atoms with Crippen LogP contribution in [0.3, 0.4) is 0 Å². The summed E-state index contributed by atoms with van der Waals surface area (Å²) in [5.41, 5.74) is 1.64. The lowest BCUT2D eigenvalue weighted by molar-refractivity contribution is -0.139. The molecule has 1 aromatic carbocycles. The van der Waals surface area contributed by atoms with Crippen molar-refractivity contribution in [3.05, 3.63) is 40.6 Å². The predicted octanol–water partition coefficient (Wildman–Crippen LogP) is 2.63. The minimum absolute atomic E-state index is 0.133. The lowest BCUT2D eigenvalue weighted by atomic mass is 9.97. The summed E-state index contributed by atoms with van der Waals surface area (Å²) < 4.78 is 33.1. The van der Waals surface area contributed by atoms with Crippen LogP contribution in [-0.2, 0) is 16.0 Å². The molecular formula is C19H23F2N3O3. The standard InChI is InChI=1S/C19H23F2N3O3/c1-3-14-16(18(25)27-4-2)15(23-19(26)22-14)10-24-7-5-6-11-8-12(20)9-13(21)17(11)24/h8-9,14H,3-7,10H2,1-2H3,(H2,22,23,26). The van der Waals surface area contributed by atoms with Crippen molar-refractivity contribution in [3.8, 4) is 0 Å². The molecule has 2 heterocycles. The second kappa shape index (κ2) is 7.94. The third-order valence-electron chi connectivity index (χ3n) is 4.79. The van der Waals surface area contributed by atoms with E-state index in [4.69, 9.17) is 4.74 Å². The van der Waals surface area contributed by atoms with Gasteiger partial charge in [0.1, 0.15) is 11.6 Å². The summed E-state index contributed by atoms with van der Waals surface area (Å²) in [5, 5.41) is 5.38. The van der Waals surface area contributed by atoms with Gasteiger partial charge < -0.3 is 20.3 Å². The van der Waals surface area contributed by atoms with Crippen LogP contribution in [0.4, 0.5) is 19.3 Å². The van der Waals surface area contributed by atoms with E-state index in [0.717, 1.165) is 12.5 Å². The Morgan fingerprint density at radius 1 is 1.33 bits per heavy atom. The van der Waals surface area contributed by atoms with E-state index >= 15 is 0 Å². The Morgan fingerprint density at radius 2 is 2.11 bits per heavy atom. The van der Waals surface area contributed by atoms with Crippen LogP contribution in [0.5, 0.6) is 0 Å². The van der Waals surface area contributed by atoms with E-state index in [9.17, 15) is 18.4 Å². The number of ether oxygens (including phenoxy) is 1. The van der Waals surface area contributed by atoms with E-state index in [1.807, 2.05) is 6.92 Å². The van der Waals surface area contributed by atoms with Crippen LogP contribution >= 0.6 is 0 Å². The number of amides is 2. The van der Waals surface area contributed by atoms with Crippen LogP contribution in [0.25, 0.3) is 0 Å². The van der Waals surface area contributed by atoms with Crippen LogP contribution in [0.1, 0.15) is 32.3 Å². The molecule has 6 nitrogen and oxygen atoms in total. The summed E-state index contributed by atoms with van der Waals surface area (Å²) in [6, 6.07) is 1.30. The molecule has 1 atom stereocenters. The number of nitrogens with zero attached hydrogens (tertiary/aromatic N) is 1. The molecule has 0 saturated carbocycles. The second-order valence-electron chi connectivity index (χ2n) is 6.59. The van der Waals surface area contributed by atoms with E-state index in [1.165, 1.54) is 6.07 Å². The molecule has 1 unspecified atom stereocenters. The number of esters is 1. The van der Waals surface area contributed by atoms with Gasteiger partial charge in [-0.3, -0.25) is 0 Å². The van der Waals surface area contributed by atoms with Gasteiger partial charge in [-0.1, -0.05) is 6.92 Å². The molecule has 2 amide bonds. The molecule has 2 aliphatic heterocycles. The quantitative estimate of drug-likeness (QED) is 0.772. The van der Waals surface area contributed by atoms with E-state index in [2.05, 4.69) is 10.6 Å². The van der Waals surface area contributed by atoms with Gasteiger partial charge in [-0.2, -0.15) is 0 Å². The summed E-state index contributed by atoms with van der Waals surface area (Å²) in [6.07, 6.45) is 1.82. The topological polar surface area (TPSA) is 70.7 Å². The minimum atomic E-state index is -0.643. The van der Waals surface area contributed by atoms with E-state index in [-0.39, 0.29) is 13.2 Å². The molecule has 0 spiro atoms. The maximum Gasteiger partial charge on any atom is 0.337 e. The zero-order chi connectivity index (χ0) is 19.6. The molecule has 0 aliphatic carbocycles. The fourth-order valence-corrected chi connectivity index (χ4v) is 3.67. The molecule has 1 aromatic rings. The summed E-state index contributed by atoms with van der Waals surface area (Å²) in [6.45, 7) is 4.44. The summed E-state index contributed by atoms with van der Waals surface area (Å²) >= 11 is 0. The molecule has 2 N–H and O–H groups in total. The Morgan fingerprint density at radius 3 is 2.81 bits per heavy atom.